The predicted molar refractivity (Wildman–Crippen MR) is 201 cm³/mol. The zero-order valence-corrected chi connectivity index (χ0v) is 28.8. The summed E-state index contributed by atoms with van der Waals surface area (Å²) < 4.78 is 1.45. The molecule has 1 heteroatoms. The molecule has 6 aromatic rings. The number of allylic oxidation sites excluding steroid dienone is 1. The third kappa shape index (κ3) is 4.55. The molecule has 5 aromatic carbocycles. The maximum atomic E-state index is 2.54. The molecule has 0 saturated carbocycles. The van der Waals surface area contributed by atoms with Gasteiger partial charge >= 0.3 is 0 Å². The number of hydrogen-bond acceptors (Lipinski definition) is 1. The number of rotatable bonds is 5. The summed E-state index contributed by atoms with van der Waals surface area (Å²) >= 11 is 2.02. The van der Waals surface area contributed by atoms with Gasteiger partial charge in [-0.3, -0.25) is 0 Å². The highest BCUT2D eigenvalue weighted by Crippen LogP contribution is 2.48. The van der Waals surface area contributed by atoms with Crippen molar-refractivity contribution in [2.45, 2.75) is 73.6 Å². The fourth-order valence-electron chi connectivity index (χ4n) is 8.30. The molecular formula is C45H42S. The van der Waals surface area contributed by atoms with E-state index in [9.17, 15) is 0 Å². The molecule has 0 N–H and O–H groups in total. The smallest absolute Gasteiger partial charge is 0.0433 e. The summed E-state index contributed by atoms with van der Waals surface area (Å²) in [6.07, 6.45) is 10.2. The monoisotopic (exact) mass is 614 g/mol. The maximum absolute atomic E-state index is 2.54. The molecule has 0 spiro atoms. The molecule has 0 fully saturated rings. The largest absolute Gasteiger partial charge is 0.139 e. The summed E-state index contributed by atoms with van der Waals surface area (Å²) in [6.45, 7) is 13.8. The Morgan fingerprint density at radius 1 is 0.609 bits per heavy atom. The molecule has 0 bridgehead atoms. The lowest BCUT2D eigenvalue weighted by Crippen LogP contribution is -2.00. The van der Waals surface area contributed by atoms with Crippen molar-refractivity contribution in [1.29, 1.82) is 0 Å². The van der Waals surface area contributed by atoms with E-state index >= 15 is 0 Å². The molecule has 8 rings (SSSR count). The fraction of sp³-hybridized carbons (Fsp3) is 0.244. The number of thiophene rings is 1. The molecule has 2 aliphatic carbocycles. The molecule has 0 atom stereocenters. The number of fused-ring (bicyclic) bond motifs is 6. The van der Waals surface area contributed by atoms with E-state index in [0.29, 0.717) is 0 Å². The molecule has 0 saturated heterocycles. The Balaban J connectivity index is 1.32. The van der Waals surface area contributed by atoms with E-state index in [1.54, 1.807) is 4.88 Å². The van der Waals surface area contributed by atoms with Crippen molar-refractivity contribution in [3.8, 4) is 44.5 Å². The Morgan fingerprint density at radius 3 is 2.00 bits per heavy atom. The van der Waals surface area contributed by atoms with Crippen LogP contribution < -0.4 is 0 Å². The van der Waals surface area contributed by atoms with Crippen molar-refractivity contribution in [3.63, 3.8) is 0 Å². The third-order valence-electron chi connectivity index (χ3n) is 10.6. The summed E-state index contributed by atoms with van der Waals surface area (Å²) in [6, 6.07) is 28.3. The van der Waals surface area contributed by atoms with Crippen LogP contribution in [0.3, 0.4) is 0 Å². The quantitative estimate of drug-likeness (QED) is 0.181. The van der Waals surface area contributed by atoms with Gasteiger partial charge < -0.3 is 0 Å². The van der Waals surface area contributed by atoms with Gasteiger partial charge in [-0.05, 0) is 161 Å². The fourth-order valence-corrected chi connectivity index (χ4v) is 9.71. The van der Waals surface area contributed by atoms with Gasteiger partial charge in [0.2, 0.25) is 0 Å². The number of benzene rings is 5. The van der Waals surface area contributed by atoms with Crippen LogP contribution in [0.1, 0.15) is 74.7 Å². The van der Waals surface area contributed by atoms with E-state index in [4.69, 9.17) is 0 Å². The summed E-state index contributed by atoms with van der Waals surface area (Å²) in [4.78, 5) is 1.54. The minimum Gasteiger partial charge on any atom is -0.139 e. The van der Waals surface area contributed by atoms with Crippen molar-refractivity contribution in [2.24, 2.45) is 0 Å². The van der Waals surface area contributed by atoms with E-state index in [1.165, 1.54) is 105 Å². The van der Waals surface area contributed by atoms with Gasteiger partial charge in [-0.15, -0.1) is 11.3 Å². The minimum atomic E-state index is 1.01. The van der Waals surface area contributed by atoms with E-state index in [-0.39, 0.29) is 0 Å². The van der Waals surface area contributed by atoms with Crippen molar-refractivity contribution < 1.29 is 0 Å². The van der Waals surface area contributed by atoms with E-state index < -0.39 is 0 Å². The molecule has 0 amide bonds. The van der Waals surface area contributed by atoms with Crippen LogP contribution in [-0.4, -0.2) is 0 Å². The third-order valence-corrected chi connectivity index (χ3v) is 11.9. The first-order chi connectivity index (χ1) is 22.3. The average molecular weight is 615 g/mol. The highest BCUT2D eigenvalue weighted by atomic mass is 32.1. The molecule has 228 valence electrons. The lowest BCUT2D eigenvalue weighted by atomic mass is 9.83. The van der Waals surface area contributed by atoms with E-state index in [1.807, 2.05) is 11.3 Å². The molecule has 2 aliphatic rings. The zero-order chi connectivity index (χ0) is 31.7. The Bertz CT molecular complexity index is 2240. The molecule has 0 aliphatic heterocycles. The second-order valence-electron chi connectivity index (χ2n) is 13.7. The second-order valence-corrected chi connectivity index (χ2v) is 14.8. The van der Waals surface area contributed by atoms with Gasteiger partial charge in [0.05, 0.1) is 0 Å². The van der Waals surface area contributed by atoms with Gasteiger partial charge in [-0.2, -0.15) is 0 Å². The van der Waals surface area contributed by atoms with Crippen molar-refractivity contribution >= 4 is 27.5 Å². The van der Waals surface area contributed by atoms with Gasteiger partial charge in [-0.1, -0.05) is 86.2 Å². The maximum Gasteiger partial charge on any atom is 0.0433 e. The highest BCUT2D eigenvalue weighted by Gasteiger charge is 2.26. The molecule has 0 unspecified atom stereocenters. The normalized spacial score (nSPS) is 13.3. The topological polar surface area (TPSA) is 0 Å². The van der Waals surface area contributed by atoms with Gasteiger partial charge in [0.15, 0.2) is 0 Å². The molecular weight excluding hydrogens is 573 g/mol. The summed E-state index contributed by atoms with van der Waals surface area (Å²) in [5.41, 5.74) is 23.9. The predicted octanol–water partition coefficient (Wildman–Crippen LogP) is 12.9. The van der Waals surface area contributed by atoms with Gasteiger partial charge in [0.1, 0.15) is 0 Å². The van der Waals surface area contributed by atoms with Crippen LogP contribution in [0.25, 0.3) is 60.7 Å². The van der Waals surface area contributed by atoms with E-state index in [2.05, 4.69) is 126 Å². The van der Waals surface area contributed by atoms with Crippen LogP contribution in [0.15, 0.2) is 78.9 Å². The summed E-state index contributed by atoms with van der Waals surface area (Å²) in [5.74, 6) is 0. The summed E-state index contributed by atoms with van der Waals surface area (Å²) in [5, 5.41) is 1.42. The van der Waals surface area contributed by atoms with Crippen molar-refractivity contribution in [3.05, 3.63) is 134 Å². The highest BCUT2D eigenvalue weighted by molar-refractivity contribution is 7.20. The Labute approximate surface area is 278 Å². The van der Waals surface area contributed by atoms with Crippen LogP contribution in [0.4, 0.5) is 0 Å². The first-order valence-corrected chi connectivity index (χ1v) is 17.8. The van der Waals surface area contributed by atoms with Crippen LogP contribution in [0.2, 0.25) is 0 Å². The molecule has 1 heterocycles. The number of aryl methyl sites for hydroxylation is 6. The first-order valence-electron chi connectivity index (χ1n) is 17.0. The Morgan fingerprint density at radius 2 is 1.28 bits per heavy atom. The van der Waals surface area contributed by atoms with Crippen molar-refractivity contribution in [2.75, 3.05) is 0 Å². The molecule has 0 radical (unpaired) electrons. The van der Waals surface area contributed by atoms with Crippen molar-refractivity contribution in [1.82, 2.24) is 0 Å². The lowest BCUT2D eigenvalue weighted by Gasteiger charge is -2.21. The van der Waals surface area contributed by atoms with Crippen LogP contribution in [-0.2, 0) is 19.3 Å². The molecule has 1 aromatic heterocycles. The minimum absolute atomic E-state index is 1.01. The second kappa shape index (κ2) is 11.2. The zero-order valence-electron chi connectivity index (χ0n) is 28.0. The Hall–Kier alpha value is -4.20. The first kappa shape index (κ1) is 29.2. The molecule has 46 heavy (non-hydrogen) atoms. The standard InChI is InChI=1S/C45H42S/c1-7-12-36-34(33-14-9-8-13-26(33)2)19-17-27(3)43(36)38-24-40-31(21-29(38)5)23-32-22-30(6)39(25-41(32)40)44-28(4)18-20-37-35-15-10-11-16-42(35)46-45(37)44/h8-10,13-15,17-22,24-25H,7,11-12,16,23H2,1-6H3. The van der Waals surface area contributed by atoms with Crippen LogP contribution in [0, 0.1) is 34.6 Å². The van der Waals surface area contributed by atoms with Gasteiger partial charge in [0.25, 0.3) is 0 Å². The SMILES string of the molecule is CCCc1c(-c2ccccc2C)ccc(C)c1-c1cc2c(cc1C)Cc1cc(C)c(-c3c(C)ccc4c5c(sc34)CCC=C5)cc1-2. The van der Waals surface area contributed by atoms with Crippen LogP contribution in [0.5, 0.6) is 0 Å². The number of hydrogen-bond donors (Lipinski definition) is 0. The van der Waals surface area contributed by atoms with Gasteiger partial charge in [0, 0.05) is 20.5 Å². The molecule has 0 nitrogen and oxygen atoms in total. The van der Waals surface area contributed by atoms with E-state index in [0.717, 1.165) is 32.1 Å². The Kier molecular flexibility index (Phi) is 7.14. The van der Waals surface area contributed by atoms with Gasteiger partial charge in [-0.25, -0.2) is 0 Å². The summed E-state index contributed by atoms with van der Waals surface area (Å²) in [7, 11) is 0. The lowest BCUT2D eigenvalue weighted by molar-refractivity contribution is 0.923. The van der Waals surface area contributed by atoms with Crippen LogP contribution >= 0.6 is 11.3 Å². The average Bonchev–Trinajstić information content (AvgIpc) is 3.58.